The van der Waals surface area contributed by atoms with Crippen LogP contribution in [0.25, 0.3) is 0 Å². The second kappa shape index (κ2) is 8.95. The molecule has 0 radical (unpaired) electrons. The number of hydrogen-bond acceptors (Lipinski definition) is 4. The zero-order valence-corrected chi connectivity index (χ0v) is 13.0. The Bertz CT molecular complexity index is 372. The highest BCUT2D eigenvalue weighted by molar-refractivity contribution is 5.75. The third kappa shape index (κ3) is 5.81. The Balaban J connectivity index is 1.71. The summed E-state index contributed by atoms with van der Waals surface area (Å²) in [5.41, 5.74) is 5.09. The van der Waals surface area contributed by atoms with Crippen molar-refractivity contribution in [3.05, 3.63) is 0 Å². The smallest absolute Gasteiger partial charge is 0.315 e. The molecule has 1 aliphatic heterocycles. The summed E-state index contributed by atoms with van der Waals surface area (Å²) in [6, 6.07) is -0.451. The molecule has 2 rings (SSSR count). The number of hydrogen-bond donors (Lipinski definition) is 3. The summed E-state index contributed by atoms with van der Waals surface area (Å²) in [5.74, 6) is 0.0796. The highest BCUT2D eigenvalue weighted by Crippen LogP contribution is 2.22. The van der Waals surface area contributed by atoms with Crippen LogP contribution in [0, 0.1) is 5.92 Å². The Hall–Kier alpha value is -1.34. The van der Waals surface area contributed by atoms with Crippen molar-refractivity contribution in [3.63, 3.8) is 0 Å². The molecule has 0 unspecified atom stereocenters. The van der Waals surface area contributed by atoms with Crippen molar-refractivity contribution in [1.29, 1.82) is 0 Å². The molecule has 2 aliphatic rings. The fourth-order valence-electron chi connectivity index (χ4n) is 3.09. The van der Waals surface area contributed by atoms with Crippen molar-refractivity contribution in [2.24, 2.45) is 11.7 Å². The predicted molar refractivity (Wildman–Crippen MR) is 81.3 cm³/mol. The van der Waals surface area contributed by atoms with Crippen LogP contribution in [0.1, 0.15) is 38.5 Å². The average molecular weight is 313 g/mol. The van der Waals surface area contributed by atoms with E-state index in [0.29, 0.717) is 32.1 Å². The summed E-state index contributed by atoms with van der Waals surface area (Å²) in [7, 11) is 0. The van der Waals surface area contributed by atoms with Gasteiger partial charge in [-0.15, -0.1) is 0 Å². The molecule has 0 aromatic rings. The van der Waals surface area contributed by atoms with E-state index in [0.717, 1.165) is 0 Å². The lowest BCUT2D eigenvalue weighted by Gasteiger charge is -2.32. The first-order valence-corrected chi connectivity index (χ1v) is 8.17. The third-order valence-electron chi connectivity index (χ3n) is 4.33. The van der Waals surface area contributed by atoms with E-state index in [1.807, 2.05) is 0 Å². The summed E-state index contributed by atoms with van der Waals surface area (Å²) in [6.45, 7) is 1.53. The molecule has 1 aliphatic carbocycles. The van der Waals surface area contributed by atoms with Gasteiger partial charge in [0, 0.05) is 13.2 Å². The maximum atomic E-state index is 12.0. The molecule has 1 heterocycles. The quantitative estimate of drug-likeness (QED) is 0.665. The van der Waals surface area contributed by atoms with Gasteiger partial charge >= 0.3 is 6.03 Å². The van der Waals surface area contributed by atoms with Gasteiger partial charge in [0.05, 0.1) is 18.8 Å². The molecule has 4 N–H and O–H groups in total. The SMILES string of the molecule is NC(=O)CO[C@H]1CCOC[C@H]1NC(=O)NCC1CCCCC1. The van der Waals surface area contributed by atoms with Crippen LogP contribution in [0.5, 0.6) is 0 Å². The number of nitrogens with one attached hydrogen (secondary N) is 2. The van der Waals surface area contributed by atoms with Crippen molar-refractivity contribution in [2.45, 2.75) is 50.7 Å². The predicted octanol–water partition coefficient (Wildman–Crippen LogP) is 0.525. The second-order valence-electron chi connectivity index (χ2n) is 6.14. The zero-order chi connectivity index (χ0) is 15.8. The minimum absolute atomic E-state index is 0.132. The first kappa shape index (κ1) is 17.0. The Labute approximate surface area is 131 Å². The number of rotatable bonds is 6. The summed E-state index contributed by atoms with van der Waals surface area (Å²) in [5, 5.41) is 5.81. The van der Waals surface area contributed by atoms with E-state index < -0.39 is 5.91 Å². The lowest BCUT2D eigenvalue weighted by molar-refractivity contribution is -0.128. The summed E-state index contributed by atoms with van der Waals surface area (Å²) >= 11 is 0. The van der Waals surface area contributed by atoms with Gasteiger partial charge in [-0.3, -0.25) is 4.79 Å². The normalized spacial score (nSPS) is 26.4. The molecular weight excluding hydrogens is 286 g/mol. The number of carbonyl (C=O) groups is 2. The van der Waals surface area contributed by atoms with Crippen LogP contribution in [0.3, 0.4) is 0 Å². The van der Waals surface area contributed by atoms with Gasteiger partial charge in [-0.25, -0.2) is 4.79 Å². The summed E-state index contributed by atoms with van der Waals surface area (Å²) in [6.07, 6.45) is 6.61. The summed E-state index contributed by atoms with van der Waals surface area (Å²) < 4.78 is 10.8. The van der Waals surface area contributed by atoms with Gasteiger partial charge in [-0.05, 0) is 25.2 Å². The van der Waals surface area contributed by atoms with Gasteiger partial charge in [0.25, 0.3) is 0 Å². The topological polar surface area (TPSA) is 103 Å². The number of primary amides is 1. The molecule has 1 saturated carbocycles. The van der Waals surface area contributed by atoms with Gasteiger partial charge in [-0.2, -0.15) is 0 Å². The molecule has 126 valence electrons. The van der Waals surface area contributed by atoms with Gasteiger partial charge in [0.15, 0.2) is 0 Å². The minimum atomic E-state index is -0.507. The molecule has 0 aromatic heterocycles. The molecule has 7 nitrogen and oxygen atoms in total. The van der Waals surface area contributed by atoms with Crippen LogP contribution in [0.15, 0.2) is 0 Å². The van der Waals surface area contributed by atoms with E-state index in [-0.39, 0.29) is 24.8 Å². The molecule has 1 saturated heterocycles. The molecule has 3 amide bonds. The van der Waals surface area contributed by atoms with Crippen LogP contribution in [0.2, 0.25) is 0 Å². The Morgan fingerprint density at radius 3 is 2.68 bits per heavy atom. The van der Waals surface area contributed by atoms with Crippen molar-refractivity contribution < 1.29 is 19.1 Å². The number of urea groups is 1. The van der Waals surface area contributed by atoms with Gasteiger partial charge in [-0.1, -0.05) is 19.3 Å². The first-order valence-electron chi connectivity index (χ1n) is 8.17. The standard InChI is InChI=1S/C15H27N3O4/c16-14(19)10-22-13-6-7-21-9-12(13)18-15(20)17-8-11-4-2-1-3-5-11/h11-13H,1-10H2,(H2,16,19)(H2,17,18,20)/t12-,13+/m1/s1. The van der Waals surface area contributed by atoms with E-state index in [1.54, 1.807) is 0 Å². The highest BCUT2D eigenvalue weighted by atomic mass is 16.5. The van der Waals surface area contributed by atoms with E-state index in [1.165, 1.54) is 32.1 Å². The molecule has 0 spiro atoms. The van der Waals surface area contributed by atoms with Crippen molar-refractivity contribution in [2.75, 3.05) is 26.4 Å². The highest BCUT2D eigenvalue weighted by Gasteiger charge is 2.28. The van der Waals surface area contributed by atoms with Gasteiger partial charge < -0.3 is 25.8 Å². The van der Waals surface area contributed by atoms with Crippen molar-refractivity contribution >= 4 is 11.9 Å². The lowest BCUT2D eigenvalue weighted by Crippen LogP contribution is -2.54. The fourth-order valence-corrected chi connectivity index (χ4v) is 3.09. The minimum Gasteiger partial charge on any atom is -0.379 e. The molecule has 7 heteroatoms. The molecule has 2 atom stereocenters. The van der Waals surface area contributed by atoms with Gasteiger partial charge in [0.1, 0.15) is 6.61 Å². The Morgan fingerprint density at radius 2 is 1.95 bits per heavy atom. The maximum absolute atomic E-state index is 12.0. The van der Waals surface area contributed by atoms with E-state index in [4.69, 9.17) is 15.2 Å². The number of amides is 3. The fraction of sp³-hybridized carbons (Fsp3) is 0.867. The Kier molecular flexibility index (Phi) is 6.92. The van der Waals surface area contributed by atoms with Crippen LogP contribution < -0.4 is 16.4 Å². The van der Waals surface area contributed by atoms with E-state index in [9.17, 15) is 9.59 Å². The number of nitrogens with two attached hydrogens (primary N) is 1. The van der Waals surface area contributed by atoms with Crippen molar-refractivity contribution in [1.82, 2.24) is 10.6 Å². The van der Waals surface area contributed by atoms with Crippen LogP contribution >= 0.6 is 0 Å². The molecule has 0 aromatic carbocycles. The van der Waals surface area contributed by atoms with E-state index in [2.05, 4.69) is 10.6 Å². The van der Waals surface area contributed by atoms with Crippen LogP contribution in [0.4, 0.5) is 4.79 Å². The molecule has 22 heavy (non-hydrogen) atoms. The molecular formula is C15H27N3O4. The molecule has 0 bridgehead atoms. The lowest BCUT2D eigenvalue weighted by atomic mass is 9.89. The largest absolute Gasteiger partial charge is 0.379 e. The van der Waals surface area contributed by atoms with Crippen LogP contribution in [-0.2, 0) is 14.3 Å². The second-order valence-corrected chi connectivity index (χ2v) is 6.14. The number of carbonyl (C=O) groups excluding carboxylic acids is 2. The monoisotopic (exact) mass is 313 g/mol. The maximum Gasteiger partial charge on any atom is 0.315 e. The van der Waals surface area contributed by atoms with E-state index >= 15 is 0 Å². The van der Waals surface area contributed by atoms with Gasteiger partial charge in [0.2, 0.25) is 5.91 Å². The summed E-state index contributed by atoms with van der Waals surface area (Å²) in [4.78, 5) is 22.8. The molecule has 2 fully saturated rings. The number of ether oxygens (including phenoxy) is 2. The van der Waals surface area contributed by atoms with Crippen LogP contribution in [-0.4, -0.2) is 50.4 Å². The third-order valence-corrected chi connectivity index (χ3v) is 4.33. The zero-order valence-electron chi connectivity index (χ0n) is 13.0. The first-order chi connectivity index (χ1) is 10.6. The Morgan fingerprint density at radius 1 is 1.18 bits per heavy atom. The van der Waals surface area contributed by atoms with Crippen molar-refractivity contribution in [3.8, 4) is 0 Å². The average Bonchev–Trinajstić information content (AvgIpc) is 2.53.